The first-order valence-corrected chi connectivity index (χ1v) is 9.43. The number of para-hydroxylation sites is 1. The minimum Gasteiger partial charge on any atom is -0.488 e. The van der Waals surface area contributed by atoms with E-state index in [4.69, 9.17) is 18.4 Å². The van der Waals surface area contributed by atoms with Crippen molar-refractivity contribution in [1.82, 2.24) is 10.1 Å². The molecule has 1 unspecified atom stereocenters. The molecule has 0 saturated carbocycles. The van der Waals surface area contributed by atoms with E-state index in [9.17, 15) is 4.79 Å². The highest BCUT2D eigenvalue weighted by Crippen LogP contribution is 2.38. The molecule has 0 radical (unpaired) electrons. The maximum Gasteiger partial charge on any atom is 0.276 e. The number of carbonyl (C=O) groups is 1. The molecule has 4 heterocycles. The molecule has 2 aromatic heterocycles. The monoisotopic (exact) mass is 380 g/mol. The van der Waals surface area contributed by atoms with Crippen molar-refractivity contribution in [3.05, 3.63) is 59.7 Å². The second-order valence-electron chi connectivity index (χ2n) is 7.02. The van der Waals surface area contributed by atoms with Crippen LogP contribution in [0, 0.1) is 0 Å². The van der Waals surface area contributed by atoms with Crippen LogP contribution in [0.5, 0.6) is 5.75 Å². The first-order valence-electron chi connectivity index (χ1n) is 9.43. The minimum atomic E-state index is -0.208. The van der Waals surface area contributed by atoms with Crippen molar-refractivity contribution >= 4 is 5.91 Å². The molecule has 0 bridgehead atoms. The fourth-order valence-electron chi connectivity index (χ4n) is 3.75. The summed E-state index contributed by atoms with van der Waals surface area (Å²) >= 11 is 0. The Morgan fingerprint density at radius 2 is 2.14 bits per heavy atom. The summed E-state index contributed by atoms with van der Waals surface area (Å²) < 4.78 is 22.6. The van der Waals surface area contributed by atoms with Gasteiger partial charge in [0.2, 0.25) is 0 Å². The summed E-state index contributed by atoms with van der Waals surface area (Å²) in [6.07, 6.45) is 3.58. The number of hydrogen-bond acceptors (Lipinski definition) is 6. The van der Waals surface area contributed by atoms with E-state index >= 15 is 0 Å². The zero-order valence-corrected chi connectivity index (χ0v) is 15.3. The number of benzene rings is 1. The summed E-state index contributed by atoms with van der Waals surface area (Å²) in [5.41, 5.74) is 1.78. The van der Waals surface area contributed by atoms with Gasteiger partial charge in [-0.05, 0) is 37.1 Å². The standard InChI is InChI=1S/C21H20N2O5/c24-21(23(11-14-5-3-9-25-14)12-15-6-4-10-26-15)19-17-13-27-18-8-2-1-7-16(18)20(17)28-22-19/h1-3,5,7-9,15H,4,6,10-13H2. The summed E-state index contributed by atoms with van der Waals surface area (Å²) in [4.78, 5) is 15.1. The molecule has 3 aromatic rings. The molecule has 1 atom stereocenters. The predicted molar refractivity (Wildman–Crippen MR) is 98.7 cm³/mol. The second-order valence-corrected chi connectivity index (χ2v) is 7.02. The molecule has 1 fully saturated rings. The lowest BCUT2D eigenvalue weighted by Crippen LogP contribution is -2.37. The van der Waals surface area contributed by atoms with Gasteiger partial charge in [-0.25, -0.2) is 0 Å². The fraction of sp³-hybridized carbons (Fsp3) is 0.333. The molecule has 144 valence electrons. The third-order valence-corrected chi connectivity index (χ3v) is 5.16. The van der Waals surface area contributed by atoms with Crippen LogP contribution in [0.15, 0.2) is 51.6 Å². The van der Waals surface area contributed by atoms with Crippen molar-refractivity contribution in [1.29, 1.82) is 0 Å². The van der Waals surface area contributed by atoms with Gasteiger partial charge in [0, 0.05) is 13.2 Å². The largest absolute Gasteiger partial charge is 0.488 e. The van der Waals surface area contributed by atoms with E-state index in [-0.39, 0.29) is 24.3 Å². The van der Waals surface area contributed by atoms with E-state index in [1.165, 1.54) is 0 Å². The Balaban J connectivity index is 1.45. The van der Waals surface area contributed by atoms with Gasteiger partial charge in [-0.15, -0.1) is 0 Å². The van der Waals surface area contributed by atoms with Crippen LogP contribution in [0.25, 0.3) is 11.3 Å². The molecule has 2 aliphatic rings. The predicted octanol–water partition coefficient (Wildman–Crippen LogP) is 3.65. The van der Waals surface area contributed by atoms with Crippen LogP contribution in [0.1, 0.15) is 34.7 Å². The first-order chi connectivity index (χ1) is 13.8. The number of fused-ring (bicyclic) bond motifs is 3. The Bertz CT molecular complexity index is 973. The third kappa shape index (κ3) is 3.07. The van der Waals surface area contributed by atoms with Gasteiger partial charge in [0.05, 0.1) is 30.0 Å². The number of carbonyl (C=O) groups excluding carboxylic acids is 1. The second kappa shape index (κ2) is 7.16. The van der Waals surface area contributed by atoms with Gasteiger partial charge in [0.1, 0.15) is 18.1 Å². The van der Waals surface area contributed by atoms with Crippen LogP contribution >= 0.6 is 0 Å². The molecular weight excluding hydrogens is 360 g/mol. The van der Waals surface area contributed by atoms with Crippen molar-refractivity contribution < 1.29 is 23.2 Å². The number of amides is 1. The quantitative estimate of drug-likeness (QED) is 0.672. The number of nitrogens with zero attached hydrogens (tertiary/aromatic N) is 2. The summed E-state index contributed by atoms with van der Waals surface area (Å²) in [6, 6.07) is 11.3. The summed E-state index contributed by atoms with van der Waals surface area (Å²) in [7, 11) is 0. The van der Waals surface area contributed by atoms with Crippen molar-refractivity contribution in [2.45, 2.75) is 32.1 Å². The molecule has 1 aromatic carbocycles. The van der Waals surface area contributed by atoms with Gasteiger partial charge >= 0.3 is 0 Å². The Morgan fingerprint density at radius 3 is 2.96 bits per heavy atom. The van der Waals surface area contributed by atoms with Gasteiger partial charge in [0.15, 0.2) is 11.5 Å². The minimum absolute atomic E-state index is 0.0265. The maximum absolute atomic E-state index is 13.4. The van der Waals surface area contributed by atoms with Crippen molar-refractivity contribution in [3.63, 3.8) is 0 Å². The topological polar surface area (TPSA) is 77.9 Å². The number of furan rings is 1. The summed E-state index contributed by atoms with van der Waals surface area (Å²) in [5.74, 6) is 1.84. The zero-order valence-electron chi connectivity index (χ0n) is 15.3. The van der Waals surface area contributed by atoms with E-state index in [1.54, 1.807) is 11.2 Å². The highest BCUT2D eigenvalue weighted by atomic mass is 16.5. The van der Waals surface area contributed by atoms with Gasteiger partial charge in [-0.3, -0.25) is 4.79 Å². The fourth-order valence-corrected chi connectivity index (χ4v) is 3.75. The van der Waals surface area contributed by atoms with Gasteiger partial charge in [0.25, 0.3) is 5.91 Å². The number of hydrogen-bond donors (Lipinski definition) is 0. The van der Waals surface area contributed by atoms with Crippen LogP contribution in [0.3, 0.4) is 0 Å². The molecule has 0 spiro atoms. The smallest absolute Gasteiger partial charge is 0.276 e. The Hall–Kier alpha value is -3.06. The van der Waals surface area contributed by atoms with Gasteiger partial charge in [-0.1, -0.05) is 17.3 Å². The summed E-state index contributed by atoms with van der Waals surface area (Å²) in [5, 5.41) is 4.10. The van der Waals surface area contributed by atoms with E-state index in [0.717, 1.165) is 30.8 Å². The molecule has 7 heteroatoms. The van der Waals surface area contributed by atoms with Gasteiger partial charge in [-0.2, -0.15) is 0 Å². The van der Waals surface area contributed by atoms with Crippen LogP contribution in [0.4, 0.5) is 0 Å². The molecule has 0 aliphatic carbocycles. The van der Waals surface area contributed by atoms with Gasteiger partial charge < -0.3 is 23.3 Å². The molecule has 5 rings (SSSR count). The summed E-state index contributed by atoms with van der Waals surface area (Å²) in [6.45, 7) is 1.83. The molecule has 0 N–H and O–H groups in total. The molecular formula is C21H20N2O5. The molecule has 7 nitrogen and oxygen atoms in total. The van der Waals surface area contributed by atoms with Crippen LogP contribution in [-0.2, 0) is 17.9 Å². The Kier molecular flexibility index (Phi) is 4.37. The van der Waals surface area contributed by atoms with E-state index in [2.05, 4.69) is 5.16 Å². The maximum atomic E-state index is 13.4. The lowest BCUT2D eigenvalue weighted by atomic mass is 10.0. The van der Waals surface area contributed by atoms with E-state index in [1.807, 2.05) is 36.4 Å². The van der Waals surface area contributed by atoms with Crippen molar-refractivity contribution in [3.8, 4) is 17.1 Å². The Labute approximate surface area is 161 Å². The molecule has 28 heavy (non-hydrogen) atoms. The number of ether oxygens (including phenoxy) is 2. The van der Waals surface area contributed by atoms with Crippen LogP contribution in [-0.4, -0.2) is 35.2 Å². The van der Waals surface area contributed by atoms with E-state index in [0.29, 0.717) is 30.2 Å². The lowest BCUT2D eigenvalue weighted by molar-refractivity contribution is 0.0482. The average Bonchev–Trinajstić information content (AvgIpc) is 3.48. The van der Waals surface area contributed by atoms with E-state index < -0.39 is 0 Å². The average molecular weight is 380 g/mol. The zero-order chi connectivity index (χ0) is 18.9. The lowest BCUT2D eigenvalue weighted by Gasteiger charge is -2.24. The SMILES string of the molecule is O=C(c1noc2c1COc1ccccc1-2)N(Cc1ccco1)CC1CCCO1. The normalized spacial score (nSPS) is 17.6. The van der Waals surface area contributed by atoms with Crippen LogP contribution < -0.4 is 4.74 Å². The van der Waals surface area contributed by atoms with Crippen LogP contribution in [0.2, 0.25) is 0 Å². The Morgan fingerprint density at radius 1 is 1.21 bits per heavy atom. The highest BCUT2D eigenvalue weighted by molar-refractivity contribution is 5.95. The number of aromatic nitrogens is 1. The van der Waals surface area contributed by atoms with Crippen molar-refractivity contribution in [2.24, 2.45) is 0 Å². The van der Waals surface area contributed by atoms with Crippen molar-refractivity contribution in [2.75, 3.05) is 13.2 Å². The molecule has 1 saturated heterocycles. The molecule has 1 amide bonds. The molecule has 2 aliphatic heterocycles. The highest BCUT2D eigenvalue weighted by Gasteiger charge is 2.32. The third-order valence-electron chi connectivity index (χ3n) is 5.16. The number of rotatable bonds is 5. The first kappa shape index (κ1) is 17.1.